The second-order valence-electron chi connectivity index (χ2n) is 7.33. The molecule has 144 valence electrons. The van der Waals surface area contributed by atoms with Crippen molar-refractivity contribution >= 4 is 23.5 Å². The quantitative estimate of drug-likeness (QED) is 0.734. The third-order valence-electron chi connectivity index (χ3n) is 5.58. The summed E-state index contributed by atoms with van der Waals surface area (Å²) in [4.78, 5) is 18.1. The van der Waals surface area contributed by atoms with Gasteiger partial charge in [-0.1, -0.05) is 6.07 Å². The molecule has 0 spiro atoms. The Kier molecular flexibility index (Phi) is 4.88. The van der Waals surface area contributed by atoms with Crippen molar-refractivity contribution in [3.05, 3.63) is 46.6 Å². The number of nitrogens with zero attached hydrogens (tertiary/aromatic N) is 3. The SMILES string of the molecule is CN1CCC(N(C(=O)c2cccs2)C2C=CN(C3(CC=N)C=C3F)N2)CC1. The smallest absolute Gasteiger partial charge is 0.265 e. The number of thiophene rings is 1. The highest BCUT2D eigenvalue weighted by Gasteiger charge is 2.51. The molecule has 2 aliphatic heterocycles. The third-order valence-corrected chi connectivity index (χ3v) is 6.43. The molecule has 8 heteroatoms. The fourth-order valence-electron chi connectivity index (χ4n) is 3.89. The lowest BCUT2D eigenvalue weighted by atomic mass is 10.0. The Morgan fingerprint density at radius 2 is 2.26 bits per heavy atom. The summed E-state index contributed by atoms with van der Waals surface area (Å²) in [6, 6.07) is 3.87. The number of rotatable bonds is 6. The van der Waals surface area contributed by atoms with Crippen molar-refractivity contribution in [1.82, 2.24) is 20.2 Å². The molecule has 2 N–H and O–H groups in total. The van der Waals surface area contributed by atoms with Crippen molar-refractivity contribution in [3.63, 3.8) is 0 Å². The molecule has 2 unspecified atom stereocenters. The molecule has 1 aliphatic carbocycles. The summed E-state index contributed by atoms with van der Waals surface area (Å²) in [5.74, 6) is -0.229. The van der Waals surface area contributed by atoms with Gasteiger partial charge in [-0.3, -0.25) is 9.80 Å². The summed E-state index contributed by atoms with van der Waals surface area (Å²) in [7, 11) is 2.10. The van der Waals surface area contributed by atoms with Gasteiger partial charge in [-0.15, -0.1) is 11.3 Å². The number of hydrogen-bond acceptors (Lipinski definition) is 6. The van der Waals surface area contributed by atoms with Gasteiger partial charge in [-0.25, -0.2) is 9.82 Å². The van der Waals surface area contributed by atoms with E-state index in [1.807, 2.05) is 28.5 Å². The molecule has 1 amide bonds. The standard InChI is InChI=1S/C19H24FN5OS/c1-23-9-4-14(5-10-23)25(18(26)15-3-2-12-27-15)17-6-11-24(22-17)19(7-8-21)13-16(19)20/h2-3,6,8,11-14,17,21-22H,4-5,7,9-10H2,1H3. The van der Waals surface area contributed by atoms with Crippen LogP contribution in [0.1, 0.15) is 28.9 Å². The summed E-state index contributed by atoms with van der Waals surface area (Å²) in [6.45, 7) is 1.90. The van der Waals surface area contributed by atoms with Crippen molar-refractivity contribution in [1.29, 1.82) is 5.41 Å². The van der Waals surface area contributed by atoms with E-state index in [1.165, 1.54) is 23.6 Å². The third kappa shape index (κ3) is 3.33. The first-order valence-electron chi connectivity index (χ1n) is 9.21. The van der Waals surface area contributed by atoms with E-state index < -0.39 is 5.54 Å². The predicted molar refractivity (Wildman–Crippen MR) is 104 cm³/mol. The fourth-order valence-corrected chi connectivity index (χ4v) is 4.55. The molecule has 3 heterocycles. The highest BCUT2D eigenvalue weighted by atomic mass is 32.1. The Bertz CT molecular complexity index is 771. The molecule has 1 fully saturated rings. The summed E-state index contributed by atoms with van der Waals surface area (Å²) in [6.07, 6.45) is 8.22. The molecule has 3 aliphatic rings. The number of hydrazine groups is 1. The Morgan fingerprint density at radius 3 is 2.85 bits per heavy atom. The van der Waals surface area contributed by atoms with E-state index in [0.29, 0.717) is 4.88 Å². The van der Waals surface area contributed by atoms with Crippen LogP contribution in [0.15, 0.2) is 41.7 Å². The summed E-state index contributed by atoms with van der Waals surface area (Å²) < 4.78 is 13.9. The van der Waals surface area contributed by atoms with Crippen molar-refractivity contribution in [2.24, 2.45) is 0 Å². The molecule has 0 aromatic carbocycles. The van der Waals surface area contributed by atoms with Crippen LogP contribution in [-0.4, -0.2) is 64.8 Å². The van der Waals surface area contributed by atoms with E-state index in [2.05, 4.69) is 17.4 Å². The van der Waals surface area contributed by atoms with Crippen LogP contribution in [0.3, 0.4) is 0 Å². The van der Waals surface area contributed by atoms with Gasteiger partial charge >= 0.3 is 0 Å². The molecule has 1 aromatic heterocycles. The second-order valence-corrected chi connectivity index (χ2v) is 8.28. The van der Waals surface area contributed by atoms with Crippen LogP contribution in [0.4, 0.5) is 4.39 Å². The van der Waals surface area contributed by atoms with E-state index in [1.54, 1.807) is 11.2 Å². The van der Waals surface area contributed by atoms with Gasteiger partial charge in [-0.2, -0.15) is 0 Å². The normalized spacial score (nSPS) is 28.3. The number of likely N-dealkylation sites (tertiary alicyclic amines) is 1. The van der Waals surface area contributed by atoms with Gasteiger partial charge in [0.2, 0.25) is 0 Å². The van der Waals surface area contributed by atoms with Crippen LogP contribution in [0.5, 0.6) is 0 Å². The molecule has 1 saturated heterocycles. The summed E-state index contributed by atoms with van der Waals surface area (Å²) in [5.41, 5.74) is 2.41. The lowest BCUT2D eigenvalue weighted by Crippen LogP contribution is -2.57. The van der Waals surface area contributed by atoms with Crippen LogP contribution < -0.4 is 5.43 Å². The van der Waals surface area contributed by atoms with Gasteiger partial charge in [0.05, 0.1) is 4.88 Å². The molecule has 27 heavy (non-hydrogen) atoms. The minimum atomic E-state index is -0.878. The van der Waals surface area contributed by atoms with Crippen LogP contribution in [0.25, 0.3) is 0 Å². The Morgan fingerprint density at radius 1 is 1.52 bits per heavy atom. The van der Waals surface area contributed by atoms with Crippen LogP contribution >= 0.6 is 11.3 Å². The summed E-state index contributed by atoms with van der Waals surface area (Å²) in [5, 5.41) is 11.0. The molecule has 0 bridgehead atoms. The first-order chi connectivity index (χ1) is 13.0. The van der Waals surface area contributed by atoms with Crippen LogP contribution in [0, 0.1) is 5.41 Å². The molecular formula is C19H24FN5OS. The summed E-state index contributed by atoms with van der Waals surface area (Å²) >= 11 is 1.44. The lowest BCUT2D eigenvalue weighted by Gasteiger charge is -2.41. The minimum absolute atomic E-state index is 0.00823. The zero-order valence-electron chi connectivity index (χ0n) is 15.3. The Labute approximate surface area is 162 Å². The number of carbonyl (C=O) groups excluding carboxylic acids is 1. The topological polar surface area (TPSA) is 62.7 Å². The van der Waals surface area contributed by atoms with Gasteiger partial charge < -0.3 is 15.2 Å². The average molecular weight is 390 g/mol. The molecule has 0 radical (unpaired) electrons. The number of nitrogens with one attached hydrogen (secondary N) is 2. The first kappa shape index (κ1) is 18.3. The van der Waals surface area contributed by atoms with E-state index in [9.17, 15) is 9.18 Å². The van der Waals surface area contributed by atoms with Gasteiger partial charge in [0.25, 0.3) is 5.91 Å². The van der Waals surface area contributed by atoms with Crippen LogP contribution in [0.2, 0.25) is 0 Å². The van der Waals surface area contributed by atoms with Crippen molar-refractivity contribution < 1.29 is 9.18 Å². The molecule has 6 nitrogen and oxygen atoms in total. The Balaban J connectivity index is 1.54. The highest BCUT2D eigenvalue weighted by Crippen LogP contribution is 2.44. The number of amides is 1. The lowest BCUT2D eigenvalue weighted by molar-refractivity contribution is 0.0363. The number of halogens is 1. The van der Waals surface area contributed by atoms with Gasteiger partial charge in [0.1, 0.15) is 17.5 Å². The maximum Gasteiger partial charge on any atom is 0.265 e. The van der Waals surface area contributed by atoms with Crippen molar-refractivity contribution in [2.45, 2.75) is 37.0 Å². The monoisotopic (exact) mass is 389 g/mol. The largest absolute Gasteiger partial charge is 0.314 e. The first-order valence-corrected chi connectivity index (χ1v) is 10.1. The van der Waals surface area contributed by atoms with Gasteiger partial charge in [-0.05, 0) is 62.8 Å². The Hall–Kier alpha value is -2.03. The van der Waals surface area contributed by atoms with E-state index >= 15 is 0 Å². The number of piperidine rings is 1. The number of carbonyl (C=O) groups is 1. The molecule has 4 rings (SSSR count). The maximum absolute atomic E-state index is 13.9. The maximum atomic E-state index is 13.9. The fraction of sp³-hybridized carbons (Fsp3) is 0.474. The zero-order valence-corrected chi connectivity index (χ0v) is 16.1. The zero-order chi connectivity index (χ0) is 19.0. The van der Waals surface area contributed by atoms with Crippen LogP contribution in [-0.2, 0) is 0 Å². The van der Waals surface area contributed by atoms with Crippen molar-refractivity contribution in [3.8, 4) is 0 Å². The average Bonchev–Trinajstić information content (AvgIpc) is 3.10. The number of hydrogen-bond donors (Lipinski definition) is 2. The molecule has 1 aromatic rings. The van der Waals surface area contributed by atoms with E-state index in [0.717, 1.165) is 25.9 Å². The molecule has 2 atom stereocenters. The van der Waals surface area contributed by atoms with Gasteiger partial charge in [0, 0.05) is 18.7 Å². The van der Waals surface area contributed by atoms with Crippen molar-refractivity contribution in [2.75, 3.05) is 20.1 Å². The van der Waals surface area contributed by atoms with Gasteiger partial charge in [0.15, 0.2) is 0 Å². The highest BCUT2D eigenvalue weighted by molar-refractivity contribution is 7.12. The second kappa shape index (κ2) is 7.18. The molecule has 0 saturated carbocycles. The van der Waals surface area contributed by atoms with E-state index in [-0.39, 0.29) is 30.4 Å². The van der Waals surface area contributed by atoms with E-state index in [4.69, 9.17) is 5.41 Å². The predicted octanol–water partition coefficient (Wildman–Crippen LogP) is 2.59. The minimum Gasteiger partial charge on any atom is -0.314 e. The molecular weight excluding hydrogens is 365 g/mol.